The molecule has 3 rings (SSSR count). The minimum absolute atomic E-state index is 0. The zero-order chi connectivity index (χ0) is 25.8. The van der Waals surface area contributed by atoms with Crippen molar-refractivity contribution in [2.45, 2.75) is 85.4 Å². The van der Waals surface area contributed by atoms with Crippen LogP contribution in [0, 0.1) is 6.67 Å². The standard InChI is InChI=1S/C27H39N2.CHF3O.Cu/c1-18(2)22-11-9-12-23(19(3)4)26(22)28-15-16-29(17-28)27-24(20(5)6)13-10-14-25(27)21(7)8;2-1(3,4)5;/h9-14,17-21H,15-16H2,1-8H3;5H;/q-1;;+1. The maximum absolute atomic E-state index is 9.91. The van der Waals surface area contributed by atoms with E-state index in [1.165, 1.54) is 33.6 Å². The average Bonchev–Trinajstić information content (AvgIpc) is 3.20. The van der Waals surface area contributed by atoms with Crippen LogP contribution in [0.2, 0.25) is 0 Å². The van der Waals surface area contributed by atoms with E-state index < -0.39 is 6.36 Å². The van der Waals surface area contributed by atoms with Crippen molar-refractivity contribution in [3.63, 3.8) is 0 Å². The van der Waals surface area contributed by atoms with Crippen LogP contribution in [0.4, 0.5) is 24.5 Å². The largest absolute Gasteiger partial charge is 1.00 e. The number of alkyl halides is 3. The van der Waals surface area contributed by atoms with Crippen LogP contribution in [-0.4, -0.2) is 24.6 Å². The predicted octanol–water partition coefficient (Wildman–Crippen LogP) is 8.12. The fraction of sp³-hybridized carbons (Fsp3) is 0.536. The number of aliphatic hydroxyl groups is 1. The van der Waals surface area contributed by atoms with Crippen molar-refractivity contribution in [2.75, 3.05) is 22.9 Å². The molecule has 0 unspecified atom stereocenters. The molecule has 1 fully saturated rings. The van der Waals surface area contributed by atoms with Crippen molar-refractivity contribution < 1.29 is 35.3 Å². The molecule has 0 atom stereocenters. The number of rotatable bonds is 6. The average molecular weight is 541 g/mol. The molecule has 0 radical (unpaired) electrons. The Hall–Kier alpha value is -1.69. The van der Waals surface area contributed by atoms with Crippen molar-refractivity contribution in [2.24, 2.45) is 0 Å². The summed E-state index contributed by atoms with van der Waals surface area (Å²) in [6.45, 7) is 22.9. The van der Waals surface area contributed by atoms with Crippen LogP contribution in [0.15, 0.2) is 36.4 Å². The first kappa shape index (κ1) is 31.3. The van der Waals surface area contributed by atoms with E-state index in [1.54, 1.807) is 0 Å². The van der Waals surface area contributed by atoms with Crippen molar-refractivity contribution in [1.29, 1.82) is 0 Å². The van der Waals surface area contributed by atoms with Crippen LogP contribution in [0.25, 0.3) is 0 Å². The van der Waals surface area contributed by atoms with Crippen LogP contribution < -0.4 is 9.80 Å². The Bertz CT molecular complexity index is 814. The number of hydrogen-bond acceptors (Lipinski definition) is 3. The number of anilines is 2. The SMILES string of the molecule is CC(C)c1cccc(C(C)C)c1N1[CH-]N(c2c(C(C)C)cccc2C(C)C)CC1.OC(F)(F)F.[Cu+]. The Morgan fingerprint density at radius 2 is 0.886 bits per heavy atom. The van der Waals surface area contributed by atoms with E-state index in [-0.39, 0.29) is 17.1 Å². The van der Waals surface area contributed by atoms with Gasteiger partial charge in [-0.3, -0.25) is 0 Å². The van der Waals surface area contributed by atoms with E-state index in [0.29, 0.717) is 23.7 Å². The Labute approximate surface area is 220 Å². The smallest absolute Gasteiger partial charge is 0.502 e. The molecule has 7 heteroatoms. The molecular weight excluding hydrogens is 501 g/mol. The molecule has 0 amide bonds. The predicted molar refractivity (Wildman–Crippen MR) is 137 cm³/mol. The second kappa shape index (κ2) is 13.0. The van der Waals surface area contributed by atoms with Gasteiger partial charge in [0.1, 0.15) is 0 Å². The topological polar surface area (TPSA) is 26.7 Å². The quantitative estimate of drug-likeness (QED) is 0.296. The number of para-hydroxylation sites is 2. The Morgan fingerprint density at radius 3 is 1.09 bits per heavy atom. The van der Waals surface area contributed by atoms with Crippen LogP contribution in [0.1, 0.15) is 101 Å². The van der Waals surface area contributed by atoms with Gasteiger partial charge in [0.2, 0.25) is 0 Å². The molecule has 0 saturated carbocycles. The molecule has 1 saturated heterocycles. The first-order valence-electron chi connectivity index (χ1n) is 12.1. The van der Waals surface area contributed by atoms with Gasteiger partial charge in [0.05, 0.1) is 0 Å². The fourth-order valence-electron chi connectivity index (χ4n) is 4.53. The summed E-state index contributed by atoms with van der Waals surface area (Å²) >= 11 is 0. The van der Waals surface area contributed by atoms with Gasteiger partial charge in [0, 0.05) is 24.5 Å². The molecular formula is C28H40CuF3N2O. The zero-order valence-electron chi connectivity index (χ0n) is 22.0. The third kappa shape index (κ3) is 8.44. The Morgan fingerprint density at radius 1 is 0.657 bits per heavy atom. The van der Waals surface area contributed by atoms with Gasteiger partial charge >= 0.3 is 23.4 Å². The van der Waals surface area contributed by atoms with Gasteiger partial charge < -0.3 is 14.9 Å². The summed E-state index contributed by atoms with van der Waals surface area (Å²) in [6.07, 6.45) is -5.00. The first-order valence-corrected chi connectivity index (χ1v) is 12.1. The maximum atomic E-state index is 9.91. The molecule has 0 aromatic heterocycles. The van der Waals surface area contributed by atoms with Gasteiger partial charge in [-0.1, -0.05) is 91.8 Å². The summed E-state index contributed by atoms with van der Waals surface area (Å²) in [5.41, 5.74) is 8.67. The van der Waals surface area contributed by atoms with E-state index in [2.05, 4.69) is 108 Å². The summed E-state index contributed by atoms with van der Waals surface area (Å²) in [6, 6.07) is 13.7. The molecule has 200 valence electrons. The minimum atomic E-state index is -5.00. The number of nitrogens with zero attached hydrogens (tertiary/aromatic N) is 2. The van der Waals surface area contributed by atoms with Crippen molar-refractivity contribution in [3.8, 4) is 0 Å². The van der Waals surface area contributed by atoms with E-state index in [1.807, 2.05) is 0 Å². The van der Waals surface area contributed by atoms with E-state index in [9.17, 15) is 13.2 Å². The molecule has 2 aromatic rings. The molecule has 0 bridgehead atoms. The maximum Gasteiger partial charge on any atom is 1.00 e. The van der Waals surface area contributed by atoms with E-state index in [4.69, 9.17) is 5.11 Å². The van der Waals surface area contributed by atoms with Crippen LogP contribution >= 0.6 is 0 Å². The summed E-state index contributed by atoms with van der Waals surface area (Å²) in [5.74, 6) is 2.06. The molecule has 2 aromatic carbocycles. The van der Waals surface area contributed by atoms with Gasteiger partial charge in [-0.05, 0) is 45.9 Å². The third-order valence-corrected chi connectivity index (χ3v) is 6.12. The van der Waals surface area contributed by atoms with Gasteiger partial charge in [-0.2, -0.15) is 6.67 Å². The fourth-order valence-corrected chi connectivity index (χ4v) is 4.53. The normalized spacial score (nSPS) is 14.1. The third-order valence-electron chi connectivity index (χ3n) is 6.12. The van der Waals surface area contributed by atoms with Crippen LogP contribution in [0.5, 0.6) is 0 Å². The second-order valence-electron chi connectivity index (χ2n) is 10.2. The molecule has 3 nitrogen and oxygen atoms in total. The van der Waals surface area contributed by atoms with E-state index in [0.717, 1.165) is 13.1 Å². The van der Waals surface area contributed by atoms with Crippen LogP contribution in [-0.2, 0) is 17.1 Å². The summed E-state index contributed by atoms with van der Waals surface area (Å²) in [4.78, 5) is 5.01. The summed E-state index contributed by atoms with van der Waals surface area (Å²) < 4.78 is 29.7. The van der Waals surface area contributed by atoms with Crippen molar-refractivity contribution >= 4 is 11.4 Å². The van der Waals surface area contributed by atoms with E-state index >= 15 is 0 Å². The van der Waals surface area contributed by atoms with Crippen LogP contribution in [0.3, 0.4) is 0 Å². The molecule has 1 aliphatic heterocycles. The number of hydrogen-bond donors (Lipinski definition) is 1. The Balaban J connectivity index is 0.000000927. The van der Waals surface area contributed by atoms with Gasteiger partial charge in [0.15, 0.2) is 0 Å². The van der Waals surface area contributed by atoms with Gasteiger partial charge in [-0.25, -0.2) is 0 Å². The zero-order valence-corrected chi connectivity index (χ0v) is 23.0. The molecule has 1 N–H and O–H groups in total. The first-order chi connectivity index (χ1) is 15.7. The molecule has 0 aliphatic carbocycles. The molecule has 0 spiro atoms. The van der Waals surface area contributed by atoms with Crippen molar-refractivity contribution in [3.05, 3.63) is 65.3 Å². The minimum Gasteiger partial charge on any atom is -0.502 e. The van der Waals surface area contributed by atoms with Gasteiger partial charge in [-0.15, -0.1) is 13.2 Å². The number of benzene rings is 2. The Kier molecular flexibility index (Phi) is 11.7. The summed E-state index contributed by atoms with van der Waals surface area (Å²) in [7, 11) is 0. The second-order valence-corrected chi connectivity index (χ2v) is 10.2. The monoisotopic (exact) mass is 540 g/mol. The molecule has 35 heavy (non-hydrogen) atoms. The number of halogens is 3. The molecule has 1 aliphatic rings. The summed E-state index contributed by atoms with van der Waals surface area (Å²) in [5, 5.41) is 6.52. The van der Waals surface area contributed by atoms with Gasteiger partial charge in [0.25, 0.3) is 0 Å². The molecule has 1 heterocycles. The van der Waals surface area contributed by atoms with Crippen molar-refractivity contribution in [1.82, 2.24) is 0 Å².